The van der Waals surface area contributed by atoms with E-state index in [0.29, 0.717) is 22.5 Å². The van der Waals surface area contributed by atoms with Gasteiger partial charge in [-0.15, -0.1) is 0 Å². The first-order valence-electron chi connectivity index (χ1n) is 11.6. The van der Waals surface area contributed by atoms with Crippen molar-refractivity contribution in [1.82, 2.24) is 30.0 Å². The third kappa shape index (κ3) is 6.25. The SMILES string of the molecule is C=C(C(=O)N(C)C)C(O)c1ccc(CSc2nc(Nc3cc(C)n[nH]3)cc(N3CCN(C)CC3)n2)o1. The lowest BCUT2D eigenvalue weighted by molar-refractivity contribution is -0.125. The topological polar surface area (TPSA) is 127 Å². The van der Waals surface area contributed by atoms with Crippen molar-refractivity contribution in [3.05, 3.63) is 53.6 Å². The number of carbonyl (C=O) groups is 1. The number of rotatable bonds is 9. The molecular weight excluding hydrogens is 480 g/mol. The number of aromatic amines is 1. The number of aliphatic hydroxyl groups is 1. The van der Waals surface area contributed by atoms with Crippen molar-refractivity contribution in [2.45, 2.75) is 23.9 Å². The molecule has 1 atom stereocenters. The van der Waals surface area contributed by atoms with Gasteiger partial charge in [0, 0.05) is 58.0 Å². The van der Waals surface area contributed by atoms with Crippen molar-refractivity contribution in [2.75, 3.05) is 57.5 Å². The van der Waals surface area contributed by atoms with Crippen LogP contribution in [0.3, 0.4) is 0 Å². The number of aliphatic hydroxyl groups excluding tert-OH is 1. The summed E-state index contributed by atoms with van der Waals surface area (Å²) in [6, 6.07) is 7.29. The molecule has 36 heavy (non-hydrogen) atoms. The molecule has 1 aliphatic heterocycles. The summed E-state index contributed by atoms with van der Waals surface area (Å²) in [5.41, 5.74) is 0.938. The van der Waals surface area contributed by atoms with Crippen molar-refractivity contribution < 1.29 is 14.3 Å². The molecule has 1 amide bonds. The minimum atomic E-state index is -1.20. The number of aryl methyl sites for hydroxylation is 1. The van der Waals surface area contributed by atoms with Crippen LogP contribution in [0, 0.1) is 6.92 Å². The van der Waals surface area contributed by atoms with Gasteiger partial charge in [0.2, 0.25) is 0 Å². The monoisotopic (exact) mass is 512 g/mol. The molecule has 0 aliphatic carbocycles. The number of amides is 1. The second kappa shape index (κ2) is 11.1. The van der Waals surface area contributed by atoms with Crippen molar-refractivity contribution in [3.63, 3.8) is 0 Å². The maximum absolute atomic E-state index is 12.1. The van der Waals surface area contributed by atoms with Gasteiger partial charge in [-0.3, -0.25) is 9.89 Å². The fraction of sp³-hybridized carbons (Fsp3) is 0.417. The van der Waals surface area contributed by atoms with Gasteiger partial charge in [-0.1, -0.05) is 18.3 Å². The van der Waals surface area contributed by atoms with E-state index >= 15 is 0 Å². The number of nitrogens with zero attached hydrogens (tertiary/aromatic N) is 6. The Balaban J connectivity index is 1.49. The molecule has 12 heteroatoms. The Kier molecular flexibility index (Phi) is 7.97. The molecule has 3 aromatic heterocycles. The van der Waals surface area contributed by atoms with Crippen molar-refractivity contribution in [2.24, 2.45) is 0 Å². The molecule has 0 saturated carbocycles. The van der Waals surface area contributed by atoms with E-state index in [0.717, 1.165) is 43.5 Å². The lowest BCUT2D eigenvalue weighted by Gasteiger charge is -2.33. The molecule has 3 N–H and O–H groups in total. The number of H-pyrrole nitrogens is 1. The van der Waals surface area contributed by atoms with Crippen LogP contribution in [0.15, 0.2) is 46.0 Å². The van der Waals surface area contributed by atoms with Gasteiger partial charge in [0.05, 0.1) is 11.4 Å². The average molecular weight is 513 g/mol. The lowest BCUT2D eigenvalue weighted by Crippen LogP contribution is -2.44. The van der Waals surface area contributed by atoms with Crippen LogP contribution in [0.2, 0.25) is 0 Å². The molecule has 11 nitrogen and oxygen atoms in total. The number of hydrogen-bond acceptors (Lipinski definition) is 10. The van der Waals surface area contributed by atoms with E-state index in [2.05, 4.69) is 43.9 Å². The number of furan rings is 1. The number of hydrogen-bond donors (Lipinski definition) is 3. The maximum Gasteiger partial charge on any atom is 0.251 e. The molecule has 0 aromatic carbocycles. The van der Waals surface area contributed by atoms with Gasteiger partial charge in [0.15, 0.2) is 5.16 Å². The van der Waals surface area contributed by atoms with Gasteiger partial charge >= 0.3 is 0 Å². The standard InChI is InChI=1S/C24H32N8O3S/c1-15-12-20(29-28-15)25-19-13-21(32-10-8-31(5)9-11-32)27-24(26-19)36-14-17-6-7-18(35-17)22(33)16(2)23(34)30(3)4/h6-7,12-13,22,33H,2,8-11,14H2,1,3-5H3,(H2,25,26,27,28,29). The van der Waals surface area contributed by atoms with E-state index in [1.165, 1.54) is 16.7 Å². The molecule has 1 fully saturated rings. The highest BCUT2D eigenvalue weighted by Gasteiger charge is 2.23. The Labute approximate surface area is 214 Å². The molecule has 1 aliphatic rings. The van der Waals surface area contributed by atoms with Gasteiger partial charge < -0.3 is 29.5 Å². The average Bonchev–Trinajstić information content (AvgIpc) is 3.50. The minimum absolute atomic E-state index is 0.0570. The number of likely N-dealkylation sites (N-methyl/N-ethyl adjacent to an activating group) is 2. The van der Waals surface area contributed by atoms with Crippen LogP contribution in [0.25, 0.3) is 0 Å². The van der Waals surface area contributed by atoms with Crippen molar-refractivity contribution in [1.29, 1.82) is 0 Å². The van der Waals surface area contributed by atoms with Crippen LogP contribution < -0.4 is 10.2 Å². The van der Waals surface area contributed by atoms with E-state index in [4.69, 9.17) is 9.40 Å². The minimum Gasteiger partial charge on any atom is -0.462 e. The summed E-state index contributed by atoms with van der Waals surface area (Å²) in [6.07, 6.45) is -1.20. The van der Waals surface area contributed by atoms with Crippen LogP contribution >= 0.6 is 11.8 Å². The summed E-state index contributed by atoms with van der Waals surface area (Å²) in [5.74, 6) is 3.28. The van der Waals surface area contributed by atoms with Crippen molar-refractivity contribution in [3.8, 4) is 0 Å². The second-order valence-electron chi connectivity index (χ2n) is 8.95. The van der Waals surface area contributed by atoms with Crippen LogP contribution in [-0.4, -0.2) is 88.3 Å². The normalized spacial score (nSPS) is 15.1. The number of carbonyl (C=O) groups excluding carboxylic acids is 1. The largest absolute Gasteiger partial charge is 0.462 e. The van der Waals surface area contributed by atoms with Gasteiger partial charge in [-0.25, -0.2) is 9.97 Å². The number of anilines is 3. The molecule has 0 spiro atoms. The third-order valence-electron chi connectivity index (χ3n) is 5.79. The Morgan fingerprint density at radius 1 is 1.28 bits per heavy atom. The summed E-state index contributed by atoms with van der Waals surface area (Å²) in [4.78, 5) is 27.5. The quantitative estimate of drug-likeness (QED) is 0.224. The van der Waals surface area contributed by atoms with E-state index in [9.17, 15) is 9.90 Å². The van der Waals surface area contributed by atoms with Crippen LogP contribution in [0.5, 0.6) is 0 Å². The highest BCUT2D eigenvalue weighted by molar-refractivity contribution is 7.98. The molecule has 3 aromatic rings. The summed E-state index contributed by atoms with van der Waals surface area (Å²) < 4.78 is 5.80. The Hall–Kier alpha value is -3.35. The van der Waals surface area contributed by atoms with Gasteiger partial charge in [0.25, 0.3) is 5.91 Å². The molecule has 1 saturated heterocycles. The third-order valence-corrected chi connectivity index (χ3v) is 6.66. The van der Waals surface area contributed by atoms with E-state index in [-0.39, 0.29) is 17.2 Å². The summed E-state index contributed by atoms with van der Waals surface area (Å²) in [5, 5.41) is 21.5. The fourth-order valence-electron chi connectivity index (χ4n) is 3.69. The van der Waals surface area contributed by atoms with Gasteiger partial charge in [-0.2, -0.15) is 5.10 Å². The summed E-state index contributed by atoms with van der Waals surface area (Å²) in [6.45, 7) is 9.33. The zero-order valence-electron chi connectivity index (χ0n) is 21.0. The second-order valence-corrected chi connectivity index (χ2v) is 9.89. The molecule has 4 rings (SSSR count). The number of nitrogens with one attached hydrogen (secondary N) is 2. The molecule has 4 heterocycles. The van der Waals surface area contributed by atoms with Crippen molar-refractivity contribution >= 4 is 35.1 Å². The maximum atomic E-state index is 12.1. The summed E-state index contributed by atoms with van der Waals surface area (Å²) >= 11 is 1.43. The summed E-state index contributed by atoms with van der Waals surface area (Å²) in [7, 11) is 5.33. The first-order chi connectivity index (χ1) is 17.2. The van der Waals surface area contributed by atoms with E-state index < -0.39 is 6.10 Å². The number of thioether (sulfide) groups is 1. The highest BCUT2D eigenvalue weighted by Crippen LogP contribution is 2.29. The predicted octanol–water partition coefficient (Wildman–Crippen LogP) is 2.57. The Morgan fingerprint density at radius 2 is 2.03 bits per heavy atom. The smallest absolute Gasteiger partial charge is 0.251 e. The predicted molar refractivity (Wildman–Crippen MR) is 139 cm³/mol. The fourth-order valence-corrected chi connectivity index (χ4v) is 4.44. The molecular formula is C24H32N8O3S. The molecule has 0 bridgehead atoms. The Bertz CT molecular complexity index is 1220. The zero-order valence-corrected chi connectivity index (χ0v) is 21.8. The number of piperazine rings is 1. The first kappa shape index (κ1) is 25.7. The molecule has 192 valence electrons. The number of aromatic nitrogens is 4. The lowest BCUT2D eigenvalue weighted by atomic mass is 10.1. The molecule has 0 radical (unpaired) electrons. The first-order valence-corrected chi connectivity index (χ1v) is 12.6. The zero-order chi connectivity index (χ0) is 25.8. The van der Waals surface area contributed by atoms with Crippen LogP contribution in [0.4, 0.5) is 17.5 Å². The van der Waals surface area contributed by atoms with E-state index in [1.54, 1.807) is 26.2 Å². The Morgan fingerprint density at radius 3 is 2.69 bits per heavy atom. The van der Waals surface area contributed by atoms with Crippen LogP contribution in [-0.2, 0) is 10.5 Å². The van der Waals surface area contributed by atoms with Gasteiger partial charge in [0.1, 0.15) is 35.1 Å². The van der Waals surface area contributed by atoms with E-state index in [1.807, 2.05) is 19.1 Å². The van der Waals surface area contributed by atoms with Gasteiger partial charge in [-0.05, 0) is 26.1 Å². The highest BCUT2D eigenvalue weighted by atomic mass is 32.2. The molecule has 1 unspecified atom stereocenters. The van der Waals surface area contributed by atoms with Crippen LogP contribution in [0.1, 0.15) is 23.3 Å².